The Balaban J connectivity index is 2.90. The van der Waals surface area contributed by atoms with Gasteiger partial charge in [0.05, 0.1) is 0 Å². The van der Waals surface area contributed by atoms with Gasteiger partial charge in [0, 0.05) is 23.7 Å². The van der Waals surface area contributed by atoms with Crippen LogP contribution in [0.3, 0.4) is 0 Å². The van der Waals surface area contributed by atoms with Crippen LogP contribution < -0.4 is 10.2 Å². The number of hydrogen-bond acceptors (Lipinski definition) is 2. The van der Waals surface area contributed by atoms with Crippen LogP contribution in [-0.2, 0) is 9.59 Å². The zero-order chi connectivity index (χ0) is 15.3. The minimum atomic E-state index is -0.172. The maximum absolute atomic E-state index is 11.9. The fourth-order valence-corrected chi connectivity index (χ4v) is 2.08. The number of amides is 2. The van der Waals surface area contributed by atoms with Gasteiger partial charge in [0.2, 0.25) is 11.8 Å². The summed E-state index contributed by atoms with van der Waals surface area (Å²) >= 11 is 5.91. The minimum Gasteiger partial charge on any atom is -0.352 e. The molecule has 1 aromatic carbocycles. The predicted molar refractivity (Wildman–Crippen MR) is 82.1 cm³/mol. The molecule has 0 aliphatic rings. The van der Waals surface area contributed by atoms with Gasteiger partial charge in [-0.15, -0.1) is 0 Å². The second kappa shape index (κ2) is 7.29. The number of rotatable bonds is 5. The molecule has 4 nitrogen and oxygen atoms in total. The van der Waals surface area contributed by atoms with Crippen molar-refractivity contribution in [2.24, 2.45) is 0 Å². The van der Waals surface area contributed by atoms with Crippen molar-refractivity contribution in [2.45, 2.75) is 40.2 Å². The normalized spacial score (nSPS) is 11.8. The second-order valence-electron chi connectivity index (χ2n) is 4.91. The molecular formula is C15H21ClN2O2. The molecule has 1 aromatic rings. The van der Waals surface area contributed by atoms with Crippen molar-refractivity contribution in [2.75, 3.05) is 11.4 Å². The average Bonchev–Trinajstić information content (AvgIpc) is 2.36. The third-order valence-electron chi connectivity index (χ3n) is 3.15. The zero-order valence-corrected chi connectivity index (χ0v) is 13.1. The lowest BCUT2D eigenvalue weighted by molar-refractivity contribution is -0.123. The number of carbonyl (C=O) groups excluding carboxylic acids is 2. The van der Waals surface area contributed by atoms with Crippen LogP contribution in [0.1, 0.15) is 32.8 Å². The van der Waals surface area contributed by atoms with E-state index in [9.17, 15) is 9.59 Å². The van der Waals surface area contributed by atoms with Crippen LogP contribution in [0, 0.1) is 6.92 Å². The predicted octanol–water partition coefficient (Wildman–Crippen LogP) is 2.92. The van der Waals surface area contributed by atoms with E-state index in [0.29, 0.717) is 10.7 Å². The summed E-state index contributed by atoms with van der Waals surface area (Å²) < 4.78 is 0. The smallest absolute Gasteiger partial charge is 0.240 e. The van der Waals surface area contributed by atoms with Crippen LogP contribution in [0.25, 0.3) is 0 Å². The van der Waals surface area contributed by atoms with Gasteiger partial charge in [0.15, 0.2) is 0 Å². The van der Waals surface area contributed by atoms with Gasteiger partial charge in [0.1, 0.15) is 6.54 Å². The first-order valence-electron chi connectivity index (χ1n) is 6.68. The molecule has 0 saturated heterocycles. The summed E-state index contributed by atoms with van der Waals surface area (Å²) in [4.78, 5) is 25.2. The molecule has 0 saturated carbocycles. The van der Waals surface area contributed by atoms with Crippen LogP contribution in [-0.4, -0.2) is 24.4 Å². The number of aryl methyl sites for hydroxylation is 1. The van der Waals surface area contributed by atoms with Crippen molar-refractivity contribution in [1.82, 2.24) is 5.32 Å². The number of nitrogens with one attached hydrogen (secondary N) is 1. The lowest BCUT2D eigenvalue weighted by Crippen LogP contribution is -2.43. The molecule has 1 unspecified atom stereocenters. The quantitative estimate of drug-likeness (QED) is 0.908. The number of halogens is 1. The fourth-order valence-electron chi connectivity index (χ4n) is 1.85. The molecule has 2 amide bonds. The third kappa shape index (κ3) is 4.53. The summed E-state index contributed by atoms with van der Waals surface area (Å²) in [6, 6.07) is 5.35. The number of nitrogens with zero attached hydrogens (tertiary/aromatic N) is 1. The second-order valence-corrected chi connectivity index (χ2v) is 5.35. The number of anilines is 1. The Labute approximate surface area is 125 Å². The van der Waals surface area contributed by atoms with Crippen LogP contribution in [0.15, 0.2) is 18.2 Å². The van der Waals surface area contributed by atoms with Gasteiger partial charge in [-0.1, -0.05) is 18.5 Å². The molecule has 20 heavy (non-hydrogen) atoms. The summed E-state index contributed by atoms with van der Waals surface area (Å²) in [5.74, 6) is -0.335. The number of hydrogen-bond donors (Lipinski definition) is 1. The first-order chi connectivity index (χ1) is 9.35. The molecule has 1 N–H and O–H groups in total. The molecule has 110 valence electrons. The van der Waals surface area contributed by atoms with E-state index in [4.69, 9.17) is 11.6 Å². The monoisotopic (exact) mass is 296 g/mol. The SMILES string of the molecule is CCC(C)NC(=O)CN(C(C)=O)c1ccc(Cl)cc1C. The molecular weight excluding hydrogens is 276 g/mol. The van der Waals surface area contributed by atoms with E-state index in [-0.39, 0.29) is 24.4 Å². The highest BCUT2D eigenvalue weighted by Gasteiger charge is 2.18. The van der Waals surface area contributed by atoms with Gasteiger partial charge >= 0.3 is 0 Å². The van der Waals surface area contributed by atoms with Crippen LogP contribution in [0.2, 0.25) is 5.02 Å². The Morgan fingerprint density at radius 1 is 1.40 bits per heavy atom. The van der Waals surface area contributed by atoms with Crippen molar-refractivity contribution in [3.8, 4) is 0 Å². The molecule has 0 aromatic heterocycles. The molecule has 1 atom stereocenters. The summed E-state index contributed by atoms with van der Waals surface area (Å²) in [6.45, 7) is 7.26. The fraction of sp³-hybridized carbons (Fsp3) is 0.467. The average molecular weight is 297 g/mol. The van der Waals surface area contributed by atoms with E-state index in [1.54, 1.807) is 18.2 Å². The standard InChI is InChI=1S/C15H21ClN2O2/c1-5-11(3)17-15(20)9-18(12(4)19)14-7-6-13(16)8-10(14)2/h6-8,11H,5,9H2,1-4H3,(H,17,20). The van der Waals surface area contributed by atoms with Crippen LogP contribution >= 0.6 is 11.6 Å². The molecule has 1 rings (SSSR count). The van der Waals surface area contributed by atoms with Gasteiger partial charge in [-0.2, -0.15) is 0 Å². The summed E-state index contributed by atoms with van der Waals surface area (Å²) in [5, 5.41) is 3.47. The molecule has 0 bridgehead atoms. The number of benzene rings is 1. The van der Waals surface area contributed by atoms with E-state index >= 15 is 0 Å². The van der Waals surface area contributed by atoms with Gasteiger partial charge in [0.25, 0.3) is 0 Å². The van der Waals surface area contributed by atoms with E-state index in [1.165, 1.54) is 11.8 Å². The molecule has 5 heteroatoms. The maximum Gasteiger partial charge on any atom is 0.240 e. The Morgan fingerprint density at radius 3 is 2.55 bits per heavy atom. The van der Waals surface area contributed by atoms with E-state index in [1.807, 2.05) is 20.8 Å². The number of carbonyl (C=O) groups is 2. The van der Waals surface area contributed by atoms with E-state index in [0.717, 1.165) is 12.0 Å². The summed E-state index contributed by atoms with van der Waals surface area (Å²) in [6.07, 6.45) is 0.853. The Morgan fingerprint density at radius 2 is 2.05 bits per heavy atom. The van der Waals surface area contributed by atoms with Crippen molar-refractivity contribution in [3.05, 3.63) is 28.8 Å². The Hall–Kier alpha value is -1.55. The van der Waals surface area contributed by atoms with Gasteiger partial charge < -0.3 is 10.2 Å². The van der Waals surface area contributed by atoms with E-state index in [2.05, 4.69) is 5.32 Å². The molecule has 0 heterocycles. The van der Waals surface area contributed by atoms with Crippen LogP contribution in [0.5, 0.6) is 0 Å². The molecule has 0 radical (unpaired) electrons. The Kier molecular flexibility index (Phi) is 6.02. The van der Waals surface area contributed by atoms with Crippen LogP contribution in [0.4, 0.5) is 5.69 Å². The lowest BCUT2D eigenvalue weighted by Gasteiger charge is -2.23. The first-order valence-corrected chi connectivity index (χ1v) is 7.06. The van der Waals surface area contributed by atoms with Gasteiger partial charge in [-0.05, 0) is 44.0 Å². The Bertz CT molecular complexity index is 503. The van der Waals surface area contributed by atoms with E-state index < -0.39 is 0 Å². The molecule has 0 spiro atoms. The largest absolute Gasteiger partial charge is 0.352 e. The zero-order valence-electron chi connectivity index (χ0n) is 12.4. The van der Waals surface area contributed by atoms with Crippen molar-refractivity contribution >= 4 is 29.1 Å². The van der Waals surface area contributed by atoms with Crippen molar-refractivity contribution < 1.29 is 9.59 Å². The highest BCUT2D eigenvalue weighted by Crippen LogP contribution is 2.23. The highest BCUT2D eigenvalue weighted by molar-refractivity contribution is 6.30. The van der Waals surface area contributed by atoms with Crippen molar-refractivity contribution in [1.29, 1.82) is 0 Å². The topological polar surface area (TPSA) is 49.4 Å². The lowest BCUT2D eigenvalue weighted by atomic mass is 10.1. The molecule has 0 fully saturated rings. The molecule has 0 aliphatic carbocycles. The maximum atomic E-state index is 11.9. The minimum absolute atomic E-state index is 0.0160. The van der Waals surface area contributed by atoms with Crippen molar-refractivity contribution in [3.63, 3.8) is 0 Å². The highest BCUT2D eigenvalue weighted by atomic mass is 35.5. The first kappa shape index (κ1) is 16.5. The summed E-state index contributed by atoms with van der Waals surface area (Å²) in [7, 11) is 0. The van der Waals surface area contributed by atoms with Gasteiger partial charge in [-0.3, -0.25) is 9.59 Å². The third-order valence-corrected chi connectivity index (χ3v) is 3.39. The summed E-state index contributed by atoms with van der Waals surface area (Å²) in [5.41, 5.74) is 1.57. The molecule has 0 aliphatic heterocycles. The van der Waals surface area contributed by atoms with Gasteiger partial charge in [-0.25, -0.2) is 0 Å².